The molecule has 5 saturated carbocycles. The van der Waals surface area contributed by atoms with Crippen LogP contribution >= 0.6 is 0 Å². The number of hydrogen-bond acceptors (Lipinski definition) is 4. The van der Waals surface area contributed by atoms with Gasteiger partial charge in [0.2, 0.25) is 0 Å². The van der Waals surface area contributed by atoms with Crippen LogP contribution in [0.3, 0.4) is 0 Å². The molecule has 5 aliphatic rings. The Morgan fingerprint density at radius 3 is 2.11 bits per heavy atom. The maximum absolute atomic E-state index is 13.3. The largest absolute Gasteiger partial charge is 0.458 e. The maximum atomic E-state index is 13.3. The zero-order valence-electron chi connectivity index (χ0n) is 17.4. The molecular weight excluding hydrogens is 352 g/mol. The van der Waals surface area contributed by atoms with Crippen molar-refractivity contribution in [3.05, 3.63) is 25.0 Å². The Kier molecular flexibility index (Phi) is 4.96. The Bertz CT molecular complexity index is 657. The molecule has 0 spiro atoms. The van der Waals surface area contributed by atoms with Gasteiger partial charge in [0.25, 0.3) is 0 Å². The molecule has 0 N–H and O–H groups in total. The first-order valence-corrected chi connectivity index (χ1v) is 11.1. The molecule has 3 unspecified atom stereocenters. The Labute approximate surface area is 168 Å². The van der Waals surface area contributed by atoms with E-state index in [0.29, 0.717) is 42.3 Å². The van der Waals surface area contributed by atoms with Gasteiger partial charge in [0.15, 0.2) is 5.41 Å². The summed E-state index contributed by atoms with van der Waals surface area (Å²) in [5, 5.41) is 0. The molecule has 4 nitrogen and oxygen atoms in total. The third kappa shape index (κ3) is 3.33. The topological polar surface area (TPSA) is 52.6 Å². The Hall–Kier alpha value is -1.58. The normalized spacial score (nSPS) is 41.2. The fourth-order valence-electron chi connectivity index (χ4n) is 6.37. The first kappa shape index (κ1) is 19.7. The molecule has 154 valence electrons. The molecule has 0 heterocycles. The predicted octanol–water partition coefficient (Wildman–Crippen LogP) is 5.18. The standard InChI is InChI=1S/C24H34O4/c1-5-15(3)7-16(4)27-21(25)24(14-20(24)6-2)22(26)28-23-11-17-8-18(12-23)10-19(9-17)13-23/h6,15,17-20H,2,4-5,7-14H2,1,3H3. The van der Waals surface area contributed by atoms with Gasteiger partial charge in [-0.15, -0.1) is 6.58 Å². The second kappa shape index (κ2) is 7.03. The molecule has 0 aromatic heterocycles. The summed E-state index contributed by atoms with van der Waals surface area (Å²) >= 11 is 0. The van der Waals surface area contributed by atoms with Crippen LogP contribution in [0.2, 0.25) is 0 Å². The number of hydrogen-bond donors (Lipinski definition) is 0. The first-order chi connectivity index (χ1) is 13.3. The number of allylic oxidation sites excluding steroid dienone is 2. The lowest BCUT2D eigenvalue weighted by atomic mass is 9.54. The van der Waals surface area contributed by atoms with E-state index in [1.165, 1.54) is 19.3 Å². The number of rotatable bonds is 8. The molecular formula is C24H34O4. The van der Waals surface area contributed by atoms with Crippen LogP contribution in [0, 0.1) is 35.0 Å². The van der Waals surface area contributed by atoms with Crippen LogP contribution in [0.1, 0.15) is 71.6 Å². The molecule has 0 aromatic rings. The number of carbonyl (C=O) groups excluding carboxylic acids is 2. The van der Waals surface area contributed by atoms with Gasteiger partial charge in [-0.25, -0.2) is 0 Å². The third-order valence-corrected chi connectivity index (χ3v) is 7.83. The Morgan fingerprint density at radius 1 is 1.07 bits per heavy atom. The van der Waals surface area contributed by atoms with E-state index >= 15 is 0 Å². The summed E-state index contributed by atoms with van der Waals surface area (Å²) in [4.78, 5) is 26.3. The number of esters is 2. The Balaban J connectivity index is 1.45. The minimum Gasteiger partial charge on any atom is -0.458 e. The maximum Gasteiger partial charge on any atom is 0.329 e. The van der Waals surface area contributed by atoms with E-state index in [1.54, 1.807) is 6.08 Å². The molecule has 0 amide bonds. The van der Waals surface area contributed by atoms with E-state index in [0.717, 1.165) is 25.7 Å². The van der Waals surface area contributed by atoms with Crippen LogP contribution in [0.15, 0.2) is 25.0 Å². The van der Waals surface area contributed by atoms with Gasteiger partial charge >= 0.3 is 11.9 Å². The van der Waals surface area contributed by atoms with E-state index < -0.39 is 11.4 Å². The third-order valence-electron chi connectivity index (χ3n) is 7.83. The van der Waals surface area contributed by atoms with Crippen LogP contribution < -0.4 is 0 Å². The highest BCUT2D eigenvalue weighted by Crippen LogP contribution is 2.60. The lowest BCUT2D eigenvalue weighted by Gasteiger charge is -2.55. The smallest absolute Gasteiger partial charge is 0.329 e. The monoisotopic (exact) mass is 386 g/mol. The van der Waals surface area contributed by atoms with Gasteiger partial charge in [0.05, 0.1) is 0 Å². The number of carbonyl (C=O) groups is 2. The van der Waals surface area contributed by atoms with Crippen LogP contribution in [-0.2, 0) is 19.1 Å². The molecule has 0 aliphatic heterocycles. The van der Waals surface area contributed by atoms with Gasteiger partial charge in [-0.05, 0) is 68.6 Å². The lowest BCUT2D eigenvalue weighted by Crippen LogP contribution is -2.54. The number of ether oxygens (including phenoxy) is 2. The molecule has 0 aromatic carbocycles. The quantitative estimate of drug-likeness (QED) is 0.249. The summed E-state index contributed by atoms with van der Waals surface area (Å²) < 4.78 is 11.7. The van der Waals surface area contributed by atoms with Gasteiger partial charge in [-0.1, -0.05) is 32.9 Å². The van der Waals surface area contributed by atoms with E-state index in [2.05, 4.69) is 27.0 Å². The summed E-state index contributed by atoms with van der Waals surface area (Å²) in [5.74, 6) is 1.81. The average Bonchev–Trinajstić information content (AvgIpc) is 3.36. The van der Waals surface area contributed by atoms with Crippen molar-refractivity contribution in [1.82, 2.24) is 0 Å². The molecule has 0 saturated heterocycles. The molecule has 4 heteroatoms. The van der Waals surface area contributed by atoms with Crippen molar-refractivity contribution >= 4 is 11.9 Å². The average molecular weight is 387 g/mol. The van der Waals surface area contributed by atoms with Crippen LogP contribution in [-0.4, -0.2) is 17.5 Å². The van der Waals surface area contributed by atoms with Crippen molar-refractivity contribution in [2.75, 3.05) is 0 Å². The summed E-state index contributed by atoms with van der Waals surface area (Å²) in [6.07, 6.45) is 10.5. The zero-order valence-corrected chi connectivity index (χ0v) is 17.4. The molecule has 3 atom stereocenters. The predicted molar refractivity (Wildman–Crippen MR) is 107 cm³/mol. The van der Waals surface area contributed by atoms with Crippen molar-refractivity contribution in [2.24, 2.45) is 35.0 Å². The zero-order chi connectivity index (χ0) is 20.1. The van der Waals surface area contributed by atoms with E-state index in [1.807, 2.05) is 0 Å². The molecule has 5 rings (SSSR count). The molecule has 0 radical (unpaired) electrons. The highest BCUT2D eigenvalue weighted by molar-refractivity contribution is 6.04. The summed E-state index contributed by atoms with van der Waals surface area (Å²) in [6, 6.07) is 0. The van der Waals surface area contributed by atoms with Crippen molar-refractivity contribution in [1.29, 1.82) is 0 Å². The van der Waals surface area contributed by atoms with E-state index in [4.69, 9.17) is 9.47 Å². The fourth-order valence-corrected chi connectivity index (χ4v) is 6.37. The van der Waals surface area contributed by atoms with Gasteiger partial charge in [0.1, 0.15) is 11.4 Å². The first-order valence-electron chi connectivity index (χ1n) is 11.1. The Morgan fingerprint density at radius 2 is 1.64 bits per heavy atom. The van der Waals surface area contributed by atoms with Crippen molar-refractivity contribution in [3.8, 4) is 0 Å². The lowest BCUT2D eigenvalue weighted by molar-refractivity contribution is -0.195. The summed E-state index contributed by atoms with van der Waals surface area (Å²) in [5.41, 5.74) is -1.55. The molecule has 5 fully saturated rings. The SMILES string of the molecule is C=CC1CC1(C(=O)OC(=C)CC(C)CC)C(=O)OC12CC3CC(CC(C3)C1)C2. The van der Waals surface area contributed by atoms with Crippen LogP contribution in [0.5, 0.6) is 0 Å². The van der Waals surface area contributed by atoms with Gasteiger partial charge in [-0.2, -0.15) is 0 Å². The van der Waals surface area contributed by atoms with Gasteiger partial charge in [-0.3, -0.25) is 9.59 Å². The second-order valence-electron chi connectivity index (χ2n) is 10.2. The minimum atomic E-state index is -1.20. The highest BCUT2D eigenvalue weighted by Gasteiger charge is 2.68. The van der Waals surface area contributed by atoms with E-state index in [9.17, 15) is 9.59 Å². The van der Waals surface area contributed by atoms with Gasteiger partial charge in [0, 0.05) is 12.3 Å². The van der Waals surface area contributed by atoms with Crippen molar-refractivity contribution in [3.63, 3.8) is 0 Å². The van der Waals surface area contributed by atoms with Crippen molar-refractivity contribution < 1.29 is 19.1 Å². The van der Waals surface area contributed by atoms with Gasteiger partial charge < -0.3 is 9.47 Å². The molecule has 4 bridgehead atoms. The molecule has 28 heavy (non-hydrogen) atoms. The van der Waals surface area contributed by atoms with E-state index in [-0.39, 0.29) is 17.5 Å². The second-order valence-corrected chi connectivity index (χ2v) is 10.2. The summed E-state index contributed by atoms with van der Waals surface area (Å²) in [7, 11) is 0. The summed E-state index contributed by atoms with van der Waals surface area (Å²) in [6.45, 7) is 11.9. The fraction of sp³-hybridized carbons (Fsp3) is 0.750. The molecule has 5 aliphatic carbocycles. The van der Waals surface area contributed by atoms with Crippen LogP contribution in [0.4, 0.5) is 0 Å². The minimum absolute atomic E-state index is 0.196. The van der Waals surface area contributed by atoms with Crippen molar-refractivity contribution in [2.45, 2.75) is 77.2 Å². The highest BCUT2D eigenvalue weighted by atomic mass is 16.6. The van der Waals surface area contributed by atoms with Crippen LogP contribution in [0.25, 0.3) is 0 Å².